The molecule has 1 heterocycles. The fourth-order valence-corrected chi connectivity index (χ4v) is 3.47. The Morgan fingerprint density at radius 2 is 1.67 bits per heavy atom. The topological polar surface area (TPSA) is 3.24 Å². The normalized spacial score (nSPS) is 25.6. The van der Waals surface area contributed by atoms with Crippen molar-refractivity contribution in [2.45, 2.75) is 64.0 Å². The van der Waals surface area contributed by atoms with Gasteiger partial charge in [-0.2, -0.15) is 0 Å². The van der Waals surface area contributed by atoms with Crippen molar-refractivity contribution in [3.05, 3.63) is 35.4 Å². The van der Waals surface area contributed by atoms with E-state index in [-0.39, 0.29) is 5.54 Å². The highest BCUT2D eigenvalue weighted by Crippen LogP contribution is 2.46. The number of hydrogen-bond acceptors (Lipinski definition) is 1. The van der Waals surface area contributed by atoms with Crippen molar-refractivity contribution in [1.29, 1.82) is 0 Å². The minimum Gasteiger partial charge on any atom is -0.291 e. The van der Waals surface area contributed by atoms with E-state index < -0.39 is 0 Å². The van der Waals surface area contributed by atoms with Crippen LogP contribution in [0.15, 0.2) is 24.3 Å². The molecule has 1 aliphatic heterocycles. The van der Waals surface area contributed by atoms with Crippen LogP contribution in [0.3, 0.4) is 0 Å². The van der Waals surface area contributed by atoms with Gasteiger partial charge in [0.1, 0.15) is 0 Å². The number of nitrogens with zero attached hydrogens (tertiary/aromatic N) is 1. The maximum absolute atomic E-state index is 2.70. The third-order valence-electron chi connectivity index (χ3n) is 4.49. The van der Waals surface area contributed by atoms with Crippen LogP contribution in [0.5, 0.6) is 0 Å². The molecular weight excluding hydrogens is 218 g/mol. The van der Waals surface area contributed by atoms with Gasteiger partial charge in [-0.05, 0) is 70.0 Å². The van der Waals surface area contributed by atoms with Gasteiger partial charge in [0.05, 0.1) is 0 Å². The van der Waals surface area contributed by atoms with Crippen LogP contribution in [0.2, 0.25) is 0 Å². The standard InChI is InChI=1S/C17H25N/c1-17(2,3)18-12-6-9-16(18)15-8-5-4-7-14(15)13-10-11-13/h4-5,7-8,13,16H,6,9-12H2,1-3H3/t16-/m0/s1. The molecule has 1 heteroatoms. The molecule has 0 spiro atoms. The third kappa shape index (κ3) is 2.21. The number of hydrogen-bond donors (Lipinski definition) is 0. The molecule has 2 fully saturated rings. The summed E-state index contributed by atoms with van der Waals surface area (Å²) in [5, 5.41) is 0. The molecule has 2 aliphatic rings. The van der Waals surface area contributed by atoms with Crippen molar-refractivity contribution in [2.75, 3.05) is 6.54 Å². The van der Waals surface area contributed by atoms with Crippen molar-refractivity contribution in [3.8, 4) is 0 Å². The lowest BCUT2D eigenvalue weighted by Crippen LogP contribution is -2.40. The molecule has 3 rings (SSSR count). The fourth-order valence-electron chi connectivity index (χ4n) is 3.47. The molecular formula is C17H25N. The lowest BCUT2D eigenvalue weighted by molar-refractivity contribution is 0.121. The van der Waals surface area contributed by atoms with Crippen molar-refractivity contribution in [2.24, 2.45) is 0 Å². The maximum atomic E-state index is 2.70. The third-order valence-corrected chi connectivity index (χ3v) is 4.49. The molecule has 1 saturated carbocycles. The molecule has 0 amide bonds. The first-order valence-corrected chi connectivity index (χ1v) is 7.43. The van der Waals surface area contributed by atoms with Gasteiger partial charge in [0.15, 0.2) is 0 Å². The highest BCUT2D eigenvalue weighted by molar-refractivity contribution is 5.36. The van der Waals surface area contributed by atoms with Gasteiger partial charge in [0.25, 0.3) is 0 Å². The van der Waals surface area contributed by atoms with E-state index >= 15 is 0 Å². The Hall–Kier alpha value is -0.820. The molecule has 1 atom stereocenters. The lowest BCUT2D eigenvalue weighted by Gasteiger charge is -2.38. The van der Waals surface area contributed by atoms with Gasteiger partial charge in [-0.1, -0.05) is 24.3 Å². The molecule has 0 unspecified atom stereocenters. The molecule has 1 nitrogen and oxygen atoms in total. The zero-order valence-corrected chi connectivity index (χ0v) is 11.9. The Morgan fingerprint density at radius 3 is 2.28 bits per heavy atom. The largest absolute Gasteiger partial charge is 0.291 e. The molecule has 18 heavy (non-hydrogen) atoms. The average Bonchev–Trinajstić information content (AvgIpc) is 3.04. The van der Waals surface area contributed by atoms with Crippen molar-refractivity contribution < 1.29 is 0 Å². The molecule has 1 aromatic carbocycles. The molecule has 0 bridgehead atoms. The number of rotatable bonds is 2. The second-order valence-electron chi connectivity index (χ2n) is 6.93. The first-order chi connectivity index (χ1) is 8.57. The van der Waals surface area contributed by atoms with Gasteiger partial charge < -0.3 is 0 Å². The Bertz CT molecular complexity index is 425. The molecule has 0 aromatic heterocycles. The van der Waals surface area contributed by atoms with E-state index in [4.69, 9.17) is 0 Å². The summed E-state index contributed by atoms with van der Waals surface area (Å²) in [5.41, 5.74) is 3.55. The van der Waals surface area contributed by atoms with Crippen LogP contribution < -0.4 is 0 Å². The first kappa shape index (κ1) is 12.2. The molecule has 1 aromatic rings. The van der Waals surface area contributed by atoms with Crippen LogP contribution in [0.4, 0.5) is 0 Å². The molecule has 98 valence electrons. The summed E-state index contributed by atoms with van der Waals surface area (Å²) in [6.07, 6.45) is 5.49. The summed E-state index contributed by atoms with van der Waals surface area (Å²) in [6.45, 7) is 8.31. The summed E-state index contributed by atoms with van der Waals surface area (Å²) in [6, 6.07) is 9.84. The van der Waals surface area contributed by atoms with Crippen LogP contribution in [0, 0.1) is 0 Å². The number of benzene rings is 1. The van der Waals surface area contributed by atoms with E-state index in [9.17, 15) is 0 Å². The average molecular weight is 243 g/mol. The summed E-state index contributed by atoms with van der Waals surface area (Å²) in [7, 11) is 0. The predicted molar refractivity (Wildman–Crippen MR) is 76.9 cm³/mol. The van der Waals surface area contributed by atoms with Crippen molar-refractivity contribution >= 4 is 0 Å². The Kier molecular flexibility index (Phi) is 2.97. The minimum absolute atomic E-state index is 0.290. The monoisotopic (exact) mass is 243 g/mol. The van der Waals surface area contributed by atoms with Gasteiger partial charge in [-0.15, -0.1) is 0 Å². The van der Waals surface area contributed by atoms with Gasteiger partial charge >= 0.3 is 0 Å². The fraction of sp³-hybridized carbons (Fsp3) is 0.647. The van der Waals surface area contributed by atoms with Crippen LogP contribution in [0.1, 0.15) is 69.5 Å². The second-order valence-corrected chi connectivity index (χ2v) is 6.93. The van der Waals surface area contributed by atoms with Crippen molar-refractivity contribution in [1.82, 2.24) is 4.90 Å². The zero-order chi connectivity index (χ0) is 12.8. The summed E-state index contributed by atoms with van der Waals surface area (Å²) in [5.74, 6) is 0.864. The van der Waals surface area contributed by atoms with Crippen LogP contribution >= 0.6 is 0 Å². The molecule has 0 radical (unpaired) electrons. The van der Waals surface area contributed by atoms with Crippen molar-refractivity contribution in [3.63, 3.8) is 0 Å². The summed E-state index contributed by atoms with van der Waals surface area (Å²) in [4.78, 5) is 2.70. The SMILES string of the molecule is CC(C)(C)N1CCC[C@H]1c1ccccc1C1CC1. The highest BCUT2D eigenvalue weighted by Gasteiger charge is 2.36. The summed E-state index contributed by atoms with van der Waals surface area (Å²) < 4.78 is 0. The first-order valence-electron chi connectivity index (χ1n) is 7.43. The van der Waals surface area contributed by atoms with Crippen LogP contribution in [-0.4, -0.2) is 17.0 Å². The highest BCUT2D eigenvalue weighted by atomic mass is 15.2. The van der Waals surface area contributed by atoms with E-state index in [1.54, 1.807) is 11.1 Å². The minimum atomic E-state index is 0.290. The van der Waals surface area contributed by atoms with Gasteiger partial charge in [0, 0.05) is 11.6 Å². The van der Waals surface area contributed by atoms with E-state index in [1.807, 2.05) is 0 Å². The van der Waals surface area contributed by atoms with E-state index in [0.29, 0.717) is 6.04 Å². The second kappa shape index (κ2) is 4.38. The Labute approximate surface area is 111 Å². The van der Waals surface area contributed by atoms with E-state index in [1.165, 1.54) is 32.2 Å². The zero-order valence-electron chi connectivity index (χ0n) is 11.9. The smallest absolute Gasteiger partial charge is 0.0356 e. The Morgan fingerprint density at radius 1 is 1.00 bits per heavy atom. The molecule has 0 N–H and O–H groups in total. The van der Waals surface area contributed by atoms with Gasteiger partial charge in [-0.25, -0.2) is 0 Å². The maximum Gasteiger partial charge on any atom is 0.0356 e. The van der Waals surface area contributed by atoms with E-state index in [0.717, 1.165) is 5.92 Å². The summed E-state index contributed by atoms with van der Waals surface area (Å²) >= 11 is 0. The number of likely N-dealkylation sites (tertiary alicyclic amines) is 1. The quantitative estimate of drug-likeness (QED) is 0.739. The van der Waals surface area contributed by atoms with Crippen LogP contribution in [0.25, 0.3) is 0 Å². The van der Waals surface area contributed by atoms with Crippen LogP contribution in [-0.2, 0) is 0 Å². The van der Waals surface area contributed by atoms with Gasteiger partial charge in [-0.3, -0.25) is 4.90 Å². The van der Waals surface area contributed by atoms with E-state index in [2.05, 4.69) is 49.9 Å². The predicted octanol–water partition coefficient (Wildman–Crippen LogP) is 4.50. The molecule has 1 saturated heterocycles. The van der Waals surface area contributed by atoms with Gasteiger partial charge in [0.2, 0.25) is 0 Å². The molecule has 1 aliphatic carbocycles. The lowest BCUT2D eigenvalue weighted by atomic mass is 9.93. The Balaban J connectivity index is 1.94.